The summed E-state index contributed by atoms with van der Waals surface area (Å²) in [6.07, 6.45) is -10.1. The van der Waals surface area contributed by atoms with Crippen molar-refractivity contribution in [3.63, 3.8) is 0 Å². The van der Waals surface area contributed by atoms with Gasteiger partial charge in [0.15, 0.2) is 5.52 Å². The van der Waals surface area contributed by atoms with E-state index in [1.807, 2.05) is 0 Å². The molecule has 25 heavy (non-hydrogen) atoms. The molecular formula is C16H11F6LiOP+. The van der Waals surface area contributed by atoms with Gasteiger partial charge >= 0.3 is 31.2 Å². The van der Waals surface area contributed by atoms with Crippen LogP contribution in [0.4, 0.5) is 26.3 Å². The molecule has 0 spiro atoms. The number of rotatable bonds is 3. The van der Waals surface area contributed by atoms with Crippen LogP contribution < -0.4 is 24.2 Å². The van der Waals surface area contributed by atoms with Gasteiger partial charge in [-0.15, -0.1) is 0 Å². The fourth-order valence-electron chi connectivity index (χ4n) is 2.17. The van der Waals surface area contributed by atoms with Crippen molar-refractivity contribution in [2.75, 3.05) is 0 Å². The Bertz CT molecular complexity index is 738. The van der Waals surface area contributed by atoms with Gasteiger partial charge in [0.25, 0.3) is 0 Å². The Hall–Kier alpha value is -1.28. The average Bonchev–Trinajstić information content (AvgIpc) is 2.47. The summed E-state index contributed by atoms with van der Waals surface area (Å²) < 4.78 is 78.5. The molecule has 0 aliphatic carbocycles. The molecule has 0 aliphatic rings. The minimum absolute atomic E-state index is 0. The molecule has 0 N–H and O–H groups in total. The molecule has 0 bridgehead atoms. The number of hydrogen-bond donors (Lipinski definition) is 0. The van der Waals surface area contributed by atoms with Gasteiger partial charge in [-0.05, 0) is 38.5 Å². The number of carbonyl (C=O) groups is 1. The van der Waals surface area contributed by atoms with E-state index in [-0.39, 0.29) is 18.9 Å². The fraction of sp³-hybridized carbons (Fsp3) is 0.188. The third-order valence-electron chi connectivity index (χ3n) is 3.30. The molecule has 128 valence electrons. The summed E-state index contributed by atoms with van der Waals surface area (Å²) in [4.78, 5) is 12.3. The summed E-state index contributed by atoms with van der Waals surface area (Å²) in [5.41, 5.74) is -5.02. The Morgan fingerprint density at radius 3 is 1.76 bits per heavy atom. The maximum atomic E-state index is 13.1. The SMILES string of the molecule is Cc1ccccc1PC(=O)c1c(C(F)(F)F)cccc1C(F)(F)F.[Li+]. The van der Waals surface area contributed by atoms with Crippen LogP contribution in [0.1, 0.15) is 27.0 Å². The zero-order valence-electron chi connectivity index (χ0n) is 13.2. The van der Waals surface area contributed by atoms with Crippen molar-refractivity contribution in [1.29, 1.82) is 0 Å². The molecule has 0 heterocycles. The van der Waals surface area contributed by atoms with Crippen molar-refractivity contribution >= 4 is 19.4 Å². The molecule has 0 saturated heterocycles. The van der Waals surface area contributed by atoms with E-state index < -0.39 is 43.1 Å². The predicted octanol–water partition coefficient (Wildman–Crippen LogP) is 2.18. The molecule has 1 atom stereocenters. The summed E-state index contributed by atoms with van der Waals surface area (Å²) >= 11 is 0. The molecule has 1 nitrogen and oxygen atoms in total. The van der Waals surface area contributed by atoms with Crippen LogP contribution in [0.15, 0.2) is 42.5 Å². The third kappa shape index (κ3) is 5.10. The van der Waals surface area contributed by atoms with Gasteiger partial charge in [-0.2, -0.15) is 26.3 Å². The Morgan fingerprint density at radius 2 is 1.32 bits per heavy atom. The van der Waals surface area contributed by atoms with Crippen LogP contribution in [0.2, 0.25) is 0 Å². The van der Waals surface area contributed by atoms with Crippen molar-refractivity contribution in [2.45, 2.75) is 19.3 Å². The van der Waals surface area contributed by atoms with E-state index >= 15 is 0 Å². The van der Waals surface area contributed by atoms with Crippen LogP contribution in [0, 0.1) is 6.92 Å². The number of aryl methyl sites for hydroxylation is 1. The minimum atomic E-state index is -5.05. The van der Waals surface area contributed by atoms with Crippen molar-refractivity contribution < 1.29 is 50.0 Å². The second kappa shape index (κ2) is 7.95. The molecule has 0 fully saturated rings. The molecule has 0 amide bonds. The van der Waals surface area contributed by atoms with Crippen LogP contribution in [-0.4, -0.2) is 5.52 Å². The first-order valence-electron chi connectivity index (χ1n) is 6.66. The van der Waals surface area contributed by atoms with Gasteiger partial charge in [-0.25, -0.2) is 0 Å². The molecule has 1 unspecified atom stereocenters. The third-order valence-corrected chi connectivity index (χ3v) is 4.60. The van der Waals surface area contributed by atoms with Gasteiger partial charge in [0.1, 0.15) is 0 Å². The van der Waals surface area contributed by atoms with Crippen molar-refractivity contribution in [1.82, 2.24) is 0 Å². The number of carbonyl (C=O) groups excluding carboxylic acids is 1. The normalized spacial score (nSPS) is 12.3. The first-order valence-corrected chi connectivity index (χ1v) is 7.66. The van der Waals surface area contributed by atoms with Gasteiger partial charge in [0.05, 0.1) is 11.1 Å². The van der Waals surface area contributed by atoms with E-state index in [0.717, 1.165) is 0 Å². The second-order valence-electron chi connectivity index (χ2n) is 4.99. The van der Waals surface area contributed by atoms with E-state index in [9.17, 15) is 31.1 Å². The van der Waals surface area contributed by atoms with E-state index in [1.54, 1.807) is 25.1 Å². The summed E-state index contributed by atoms with van der Waals surface area (Å²) in [5, 5.41) is 0.410. The molecule has 0 saturated carbocycles. The average molecular weight is 371 g/mol. The summed E-state index contributed by atoms with van der Waals surface area (Å²) in [6.45, 7) is 1.63. The first-order chi connectivity index (χ1) is 11.0. The van der Waals surface area contributed by atoms with Gasteiger partial charge in [-0.1, -0.05) is 30.3 Å². The van der Waals surface area contributed by atoms with Crippen LogP contribution in [-0.2, 0) is 12.4 Å². The Morgan fingerprint density at radius 1 is 0.840 bits per heavy atom. The van der Waals surface area contributed by atoms with Crippen LogP contribution in [0.3, 0.4) is 0 Å². The maximum Gasteiger partial charge on any atom is 1.00 e. The topological polar surface area (TPSA) is 17.1 Å². The standard InChI is InChI=1S/C16H11F6OP.Li/c1-9-5-2-3-8-12(9)24-14(23)13-10(15(17,18)19)6-4-7-11(13)16(20,21)22;/h2-8,24H,1H3;/q;+1. The van der Waals surface area contributed by atoms with Gasteiger partial charge in [-0.3, -0.25) is 4.79 Å². The molecular weight excluding hydrogens is 360 g/mol. The van der Waals surface area contributed by atoms with Gasteiger partial charge < -0.3 is 0 Å². The monoisotopic (exact) mass is 371 g/mol. The number of alkyl halides is 6. The number of benzene rings is 2. The molecule has 9 heteroatoms. The molecule has 2 aromatic carbocycles. The number of hydrogen-bond acceptors (Lipinski definition) is 1. The van der Waals surface area contributed by atoms with Gasteiger partial charge in [0.2, 0.25) is 0 Å². The zero-order chi connectivity index (χ0) is 18.1. The maximum absolute atomic E-state index is 13.1. The van der Waals surface area contributed by atoms with Crippen molar-refractivity contribution in [2.24, 2.45) is 0 Å². The number of halogens is 6. The van der Waals surface area contributed by atoms with Gasteiger partial charge in [0, 0.05) is 5.56 Å². The quantitative estimate of drug-likeness (QED) is 0.459. The molecule has 0 aromatic heterocycles. The Kier molecular flexibility index (Phi) is 6.92. The van der Waals surface area contributed by atoms with E-state index in [2.05, 4.69) is 0 Å². The van der Waals surface area contributed by atoms with Crippen LogP contribution >= 0.6 is 8.58 Å². The van der Waals surface area contributed by atoms with Crippen molar-refractivity contribution in [3.8, 4) is 0 Å². The van der Waals surface area contributed by atoms with Crippen molar-refractivity contribution in [3.05, 3.63) is 64.7 Å². The van der Waals surface area contributed by atoms with E-state index in [4.69, 9.17) is 0 Å². The largest absolute Gasteiger partial charge is 1.00 e. The molecule has 0 aliphatic heterocycles. The zero-order valence-corrected chi connectivity index (χ0v) is 14.2. The molecule has 0 radical (unpaired) electrons. The molecule has 2 rings (SSSR count). The van der Waals surface area contributed by atoms with Crippen LogP contribution in [0.5, 0.6) is 0 Å². The summed E-state index contributed by atoms with van der Waals surface area (Å²) in [7, 11) is -0.833. The predicted molar refractivity (Wildman–Crippen MR) is 79.9 cm³/mol. The smallest absolute Gasteiger partial charge is 0.289 e. The van der Waals surface area contributed by atoms with E-state index in [0.29, 0.717) is 29.1 Å². The Balaban J connectivity index is 0.00000312. The molecule has 2 aromatic rings. The fourth-order valence-corrected chi connectivity index (χ4v) is 3.27. The summed E-state index contributed by atoms with van der Waals surface area (Å²) in [5.74, 6) is 0. The summed E-state index contributed by atoms with van der Waals surface area (Å²) in [6, 6.07) is 8.02. The minimum Gasteiger partial charge on any atom is -0.289 e. The van der Waals surface area contributed by atoms with E-state index in [1.165, 1.54) is 6.07 Å². The Labute approximate surface area is 153 Å². The first kappa shape index (κ1) is 21.8. The van der Waals surface area contributed by atoms with Crippen LogP contribution in [0.25, 0.3) is 0 Å². The second-order valence-corrected chi connectivity index (χ2v) is 6.24.